The van der Waals surface area contributed by atoms with Crippen LogP contribution in [0.4, 0.5) is 20.4 Å². The molecule has 0 atom stereocenters. The minimum absolute atomic E-state index is 0.0325. The van der Waals surface area contributed by atoms with E-state index in [1.807, 2.05) is 32.0 Å². The molecule has 0 saturated carbocycles. The molecule has 0 aliphatic rings. The molecular formula is C24H20F2N8O. The minimum atomic E-state index is -0.778. The zero-order chi connectivity index (χ0) is 24.9. The largest absolute Gasteiger partial charge is 0.434 e. The van der Waals surface area contributed by atoms with E-state index >= 15 is 0 Å². The van der Waals surface area contributed by atoms with Crippen LogP contribution in [0.15, 0.2) is 48.9 Å². The first-order valence-corrected chi connectivity index (χ1v) is 10.7. The van der Waals surface area contributed by atoms with Crippen LogP contribution in [0.1, 0.15) is 25.1 Å². The first-order chi connectivity index (χ1) is 17.0. The molecule has 0 fully saturated rings. The van der Waals surface area contributed by atoms with Crippen LogP contribution in [0.3, 0.4) is 0 Å². The SMILES string of the molecule is CC.Cc1cc2c(F)c(Oc3ncnc(Nc4cc(-c5ccccn5)[nH]n4)c3C#N)cc(F)c2[nH]1. The Morgan fingerprint density at radius 1 is 1.09 bits per heavy atom. The van der Waals surface area contributed by atoms with Crippen LogP contribution >= 0.6 is 0 Å². The van der Waals surface area contributed by atoms with Crippen molar-refractivity contribution < 1.29 is 13.5 Å². The molecule has 4 aromatic heterocycles. The first kappa shape index (κ1) is 23.3. The van der Waals surface area contributed by atoms with Gasteiger partial charge >= 0.3 is 0 Å². The van der Waals surface area contributed by atoms with Crippen molar-refractivity contribution in [3.8, 4) is 29.1 Å². The minimum Gasteiger partial charge on any atom is -0.434 e. The zero-order valence-corrected chi connectivity index (χ0v) is 19.0. The molecule has 0 aliphatic heterocycles. The summed E-state index contributed by atoms with van der Waals surface area (Å²) >= 11 is 0. The van der Waals surface area contributed by atoms with Gasteiger partial charge in [0.2, 0.25) is 5.88 Å². The maximum atomic E-state index is 14.9. The van der Waals surface area contributed by atoms with Gasteiger partial charge in [-0.05, 0) is 25.1 Å². The van der Waals surface area contributed by atoms with Gasteiger partial charge in [0.1, 0.15) is 12.4 Å². The van der Waals surface area contributed by atoms with Crippen molar-refractivity contribution in [1.29, 1.82) is 5.26 Å². The zero-order valence-electron chi connectivity index (χ0n) is 19.0. The predicted octanol–water partition coefficient (Wildman–Crippen LogP) is 5.76. The third kappa shape index (κ3) is 4.63. The molecule has 176 valence electrons. The van der Waals surface area contributed by atoms with Crippen molar-refractivity contribution in [3.05, 3.63) is 71.8 Å². The number of ether oxygens (including phenoxy) is 1. The van der Waals surface area contributed by atoms with Gasteiger partial charge in [0, 0.05) is 29.4 Å². The molecule has 0 spiro atoms. The Kier molecular flexibility index (Phi) is 6.64. The van der Waals surface area contributed by atoms with Gasteiger partial charge < -0.3 is 15.0 Å². The Balaban J connectivity index is 0.00000141. The van der Waals surface area contributed by atoms with Crippen molar-refractivity contribution in [2.24, 2.45) is 0 Å². The highest BCUT2D eigenvalue weighted by atomic mass is 19.1. The summed E-state index contributed by atoms with van der Waals surface area (Å²) in [6.07, 6.45) is 2.79. The number of nitriles is 1. The Morgan fingerprint density at radius 2 is 1.91 bits per heavy atom. The van der Waals surface area contributed by atoms with Gasteiger partial charge in [0.05, 0.1) is 16.9 Å². The number of aromatic nitrogens is 6. The number of fused-ring (bicyclic) bond motifs is 1. The summed E-state index contributed by atoms with van der Waals surface area (Å²) in [4.78, 5) is 15.0. The second-order valence-corrected chi connectivity index (χ2v) is 7.03. The third-order valence-electron chi connectivity index (χ3n) is 4.80. The quantitative estimate of drug-likeness (QED) is 0.295. The molecule has 0 aliphatic carbocycles. The average Bonchev–Trinajstić information content (AvgIpc) is 3.51. The van der Waals surface area contributed by atoms with Gasteiger partial charge in [-0.2, -0.15) is 10.4 Å². The number of hydrogen-bond acceptors (Lipinski definition) is 7. The summed E-state index contributed by atoms with van der Waals surface area (Å²) in [7, 11) is 0. The molecule has 0 saturated heterocycles. The van der Waals surface area contributed by atoms with Crippen LogP contribution in [-0.4, -0.2) is 30.1 Å². The summed E-state index contributed by atoms with van der Waals surface area (Å²) in [5.74, 6) is -1.67. The fraction of sp³-hybridized carbons (Fsp3) is 0.125. The van der Waals surface area contributed by atoms with Crippen molar-refractivity contribution in [1.82, 2.24) is 30.1 Å². The number of anilines is 2. The van der Waals surface area contributed by atoms with E-state index in [-0.39, 0.29) is 28.2 Å². The molecule has 0 radical (unpaired) electrons. The van der Waals surface area contributed by atoms with Crippen molar-refractivity contribution in [2.75, 3.05) is 5.32 Å². The number of aromatic amines is 2. The Hall–Kier alpha value is -4.85. The Morgan fingerprint density at radius 3 is 2.66 bits per heavy atom. The van der Waals surface area contributed by atoms with E-state index in [0.29, 0.717) is 22.9 Å². The molecule has 1 aromatic carbocycles. The molecule has 0 bridgehead atoms. The number of aryl methyl sites for hydroxylation is 1. The van der Waals surface area contributed by atoms with E-state index in [1.165, 1.54) is 6.07 Å². The van der Waals surface area contributed by atoms with Crippen molar-refractivity contribution >= 4 is 22.5 Å². The summed E-state index contributed by atoms with van der Waals surface area (Å²) in [5, 5.41) is 19.6. The van der Waals surface area contributed by atoms with Crippen LogP contribution in [0, 0.1) is 29.9 Å². The second-order valence-electron chi connectivity index (χ2n) is 7.03. The fourth-order valence-electron chi connectivity index (χ4n) is 3.32. The standard InChI is InChI=1S/C22H14F2N8O.C2H6/c1-11-6-12-19(24)17(7-14(23)20(12)29-11)33-22-13(9-25)21(27-10-28-22)30-18-8-16(31-32-18)15-4-2-3-5-26-15;1-2/h2-8,10,29H,1H3,(H2,27,28,30,31,32);1-2H3. The van der Waals surface area contributed by atoms with Crippen LogP contribution in [0.2, 0.25) is 0 Å². The fourth-order valence-corrected chi connectivity index (χ4v) is 3.32. The lowest BCUT2D eigenvalue weighted by Crippen LogP contribution is -2.02. The molecule has 11 heteroatoms. The smallest absolute Gasteiger partial charge is 0.242 e. The normalized spacial score (nSPS) is 10.4. The van der Waals surface area contributed by atoms with E-state index in [0.717, 1.165) is 12.4 Å². The number of rotatable bonds is 5. The summed E-state index contributed by atoms with van der Waals surface area (Å²) in [5.41, 5.74) is 1.85. The third-order valence-corrected chi connectivity index (χ3v) is 4.80. The van der Waals surface area contributed by atoms with Gasteiger partial charge in [-0.1, -0.05) is 19.9 Å². The van der Waals surface area contributed by atoms with E-state index in [9.17, 15) is 14.0 Å². The number of nitrogens with zero attached hydrogens (tertiary/aromatic N) is 5. The van der Waals surface area contributed by atoms with Crippen LogP contribution in [0.25, 0.3) is 22.3 Å². The first-order valence-electron chi connectivity index (χ1n) is 10.7. The van der Waals surface area contributed by atoms with E-state index in [2.05, 4.69) is 35.5 Å². The van der Waals surface area contributed by atoms with Crippen LogP contribution in [0.5, 0.6) is 11.6 Å². The van der Waals surface area contributed by atoms with E-state index in [1.54, 1.807) is 25.3 Å². The topological polar surface area (TPSA) is 128 Å². The maximum Gasteiger partial charge on any atom is 0.242 e. The number of H-pyrrole nitrogens is 2. The molecule has 4 heterocycles. The van der Waals surface area contributed by atoms with Gasteiger partial charge in [-0.15, -0.1) is 0 Å². The Bertz CT molecular complexity index is 1520. The summed E-state index contributed by atoms with van der Waals surface area (Å²) < 4.78 is 34.9. The van der Waals surface area contributed by atoms with Crippen LogP contribution in [-0.2, 0) is 0 Å². The van der Waals surface area contributed by atoms with E-state index in [4.69, 9.17) is 4.74 Å². The molecule has 9 nitrogen and oxygen atoms in total. The average molecular weight is 474 g/mol. The molecular weight excluding hydrogens is 454 g/mol. The van der Waals surface area contributed by atoms with Crippen LogP contribution < -0.4 is 10.1 Å². The van der Waals surface area contributed by atoms with Gasteiger partial charge in [-0.25, -0.2) is 18.7 Å². The lowest BCUT2D eigenvalue weighted by Gasteiger charge is -2.10. The van der Waals surface area contributed by atoms with E-state index < -0.39 is 17.4 Å². The lowest BCUT2D eigenvalue weighted by atomic mass is 10.2. The monoisotopic (exact) mass is 474 g/mol. The van der Waals surface area contributed by atoms with Crippen molar-refractivity contribution in [2.45, 2.75) is 20.8 Å². The molecule has 5 aromatic rings. The molecule has 0 unspecified atom stereocenters. The van der Waals surface area contributed by atoms with Gasteiger partial charge in [-0.3, -0.25) is 10.1 Å². The maximum absolute atomic E-state index is 14.9. The number of halogens is 2. The summed E-state index contributed by atoms with van der Waals surface area (Å²) in [6.45, 7) is 5.68. The highest BCUT2D eigenvalue weighted by Gasteiger charge is 2.20. The lowest BCUT2D eigenvalue weighted by molar-refractivity contribution is 0.424. The highest BCUT2D eigenvalue weighted by Crippen LogP contribution is 2.34. The number of pyridine rings is 1. The Labute approximate surface area is 198 Å². The highest BCUT2D eigenvalue weighted by molar-refractivity contribution is 5.83. The number of nitrogens with one attached hydrogen (secondary N) is 3. The van der Waals surface area contributed by atoms with Crippen molar-refractivity contribution in [3.63, 3.8) is 0 Å². The molecule has 0 amide bonds. The second kappa shape index (κ2) is 9.96. The molecule has 5 rings (SSSR count). The van der Waals surface area contributed by atoms with Gasteiger partial charge in [0.25, 0.3) is 0 Å². The molecule has 3 N–H and O–H groups in total. The number of hydrogen-bond donors (Lipinski definition) is 3. The number of benzene rings is 1. The summed E-state index contributed by atoms with van der Waals surface area (Å²) in [6, 6.07) is 11.4. The predicted molar refractivity (Wildman–Crippen MR) is 126 cm³/mol. The van der Waals surface area contributed by atoms with Gasteiger partial charge in [0.15, 0.2) is 34.6 Å². The molecule has 35 heavy (non-hydrogen) atoms.